The van der Waals surface area contributed by atoms with Crippen molar-refractivity contribution in [2.75, 3.05) is 0 Å². The van der Waals surface area contributed by atoms with Crippen LogP contribution in [0.4, 0.5) is 0 Å². The van der Waals surface area contributed by atoms with E-state index in [1.807, 2.05) is 43.3 Å². The lowest BCUT2D eigenvalue weighted by Crippen LogP contribution is -2.37. The number of aryl methyl sites for hydroxylation is 1. The summed E-state index contributed by atoms with van der Waals surface area (Å²) in [6, 6.07) is 12.3. The lowest BCUT2D eigenvalue weighted by atomic mass is 10.0. The van der Waals surface area contributed by atoms with Gasteiger partial charge >= 0.3 is 0 Å². The molecule has 0 spiro atoms. The van der Waals surface area contributed by atoms with Crippen LogP contribution < -0.4 is 5.32 Å². The zero-order valence-corrected chi connectivity index (χ0v) is 15.2. The van der Waals surface area contributed by atoms with Gasteiger partial charge < -0.3 is 10.4 Å². The number of benzene rings is 2. The number of nitrogens with one attached hydrogen (secondary N) is 1. The molecule has 2 N–H and O–H groups in total. The molecule has 2 rings (SSSR count). The van der Waals surface area contributed by atoms with Crippen molar-refractivity contribution in [2.45, 2.75) is 26.0 Å². The molecule has 1 amide bonds. The fourth-order valence-electron chi connectivity index (χ4n) is 2.19. The Labute approximate surface area is 148 Å². The minimum Gasteiger partial charge on any atom is -0.386 e. The van der Waals surface area contributed by atoms with Crippen LogP contribution >= 0.6 is 34.2 Å². The monoisotopic (exact) mass is 429 g/mol. The molecule has 0 bridgehead atoms. The van der Waals surface area contributed by atoms with Crippen LogP contribution in [0.15, 0.2) is 42.5 Å². The smallest absolute Gasteiger partial charge is 0.252 e. The van der Waals surface area contributed by atoms with Crippen LogP contribution in [0.3, 0.4) is 0 Å². The second-order valence-electron chi connectivity index (χ2n) is 5.20. The van der Waals surface area contributed by atoms with E-state index in [0.717, 1.165) is 14.7 Å². The first-order valence-electron chi connectivity index (χ1n) is 6.89. The van der Waals surface area contributed by atoms with Crippen molar-refractivity contribution in [1.82, 2.24) is 5.32 Å². The molecule has 0 aliphatic carbocycles. The summed E-state index contributed by atoms with van der Waals surface area (Å²) in [7, 11) is 0. The van der Waals surface area contributed by atoms with Gasteiger partial charge in [-0.3, -0.25) is 4.79 Å². The van der Waals surface area contributed by atoms with E-state index in [0.29, 0.717) is 10.6 Å². The summed E-state index contributed by atoms with van der Waals surface area (Å²) in [5.74, 6) is -0.238. The number of halogens is 2. The third-order valence-electron chi connectivity index (χ3n) is 3.44. The van der Waals surface area contributed by atoms with Gasteiger partial charge in [-0.1, -0.05) is 41.9 Å². The van der Waals surface area contributed by atoms with E-state index in [1.54, 1.807) is 13.0 Å². The van der Waals surface area contributed by atoms with Crippen LogP contribution in [0.1, 0.15) is 34.5 Å². The standard InChI is InChI=1S/C17H17ClINO2/c1-10-8-13(18)9-14(15(10)19)17(22)20-11(2)16(21)12-6-4-3-5-7-12/h3-9,11,16,21H,1-2H3,(H,20,22)/t11-,16-/m1/s1. The Hall–Kier alpha value is -1.11. The number of carbonyl (C=O) groups excluding carboxylic acids is 1. The number of aliphatic hydroxyl groups is 1. The SMILES string of the molecule is Cc1cc(Cl)cc(C(=O)N[C@H](C)[C@@H](O)c2ccccc2)c1I. The highest BCUT2D eigenvalue weighted by Crippen LogP contribution is 2.23. The Bertz CT molecular complexity index is 676. The third-order valence-corrected chi connectivity index (χ3v) is 5.09. The number of rotatable bonds is 4. The molecule has 0 aliphatic heterocycles. The summed E-state index contributed by atoms with van der Waals surface area (Å²) in [5, 5.41) is 13.7. The van der Waals surface area contributed by atoms with Gasteiger partial charge in [-0.2, -0.15) is 0 Å². The van der Waals surface area contributed by atoms with Crippen molar-refractivity contribution in [2.24, 2.45) is 0 Å². The molecule has 0 aliphatic rings. The van der Waals surface area contributed by atoms with Crippen LogP contribution in [0, 0.1) is 10.5 Å². The van der Waals surface area contributed by atoms with Crippen LogP contribution in [-0.4, -0.2) is 17.1 Å². The Morgan fingerprint density at radius 2 is 1.91 bits per heavy atom. The van der Waals surface area contributed by atoms with Gasteiger partial charge in [0.25, 0.3) is 5.91 Å². The normalized spacial score (nSPS) is 13.5. The number of amides is 1. The lowest BCUT2D eigenvalue weighted by molar-refractivity contribution is 0.0851. The largest absolute Gasteiger partial charge is 0.386 e. The highest BCUT2D eigenvalue weighted by atomic mass is 127. The Morgan fingerprint density at radius 1 is 1.27 bits per heavy atom. The van der Waals surface area contributed by atoms with Crippen molar-refractivity contribution in [3.63, 3.8) is 0 Å². The number of aliphatic hydroxyl groups excluding tert-OH is 1. The van der Waals surface area contributed by atoms with Crippen molar-refractivity contribution in [3.8, 4) is 0 Å². The highest BCUT2D eigenvalue weighted by Gasteiger charge is 2.20. The fraction of sp³-hybridized carbons (Fsp3) is 0.235. The summed E-state index contributed by atoms with van der Waals surface area (Å²) < 4.78 is 0.862. The maximum absolute atomic E-state index is 12.4. The van der Waals surface area contributed by atoms with Crippen molar-refractivity contribution in [3.05, 3.63) is 67.7 Å². The molecule has 2 aromatic carbocycles. The molecule has 0 saturated carbocycles. The molecular weight excluding hydrogens is 413 g/mol. The predicted octanol–water partition coefficient (Wildman–Crippen LogP) is 4.10. The molecule has 0 radical (unpaired) electrons. The molecule has 2 aromatic rings. The Morgan fingerprint density at radius 3 is 2.55 bits per heavy atom. The molecule has 5 heteroatoms. The van der Waals surface area contributed by atoms with E-state index in [1.165, 1.54) is 0 Å². The van der Waals surface area contributed by atoms with E-state index in [4.69, 9.17) is 11.6 Å². The van der Waals surface area contributed by atoms with Gasteiger partial charge in [-0.25, -0.2) is 0 Å². The first kappa shape index (κ1) is 17.2. The van der Waals surface area contributed by atoms with Crippen molar-refractivity contribution >= 4 is 40.1 Å². The molecule has 0 fully saturated rings. The van der Waals surface area contributed by atoms with E-state index < -0.39 is 12.1 Å². The number of hydrogen-bond donors (Lipinski definition) is 2. The molecular formula is C17H17ClINO2. The minimum atomic E-state index is -0.761. The predicted molar refractivity (Wildman–Crippen MR) is 97.2 cm³/mol. The number of carbonyl (C=O) groups is 1. The summed E-state index contributed by atoms with van der Waals surface area (Å²) in [6.07, 6.45) is -0.761. The minimum absolute atomic E-state index is 0.238. The molecule has 0 heterocycles. The molecule has 0 aromatic heterocycles. The van der Waals surface area contributed by atoms with E-state index in [-0.39, 0.29) is 5.91 Å². The van der Waals surface area contributed by atoms with Gasteiger partial charge in [0.2, 0.25) is 0 Å². The second-order valence-corrected chi connectivity index (χ2v) is 6.72. The first-order valence-corrected chi connectivity index (χ1v) is 8.35. The molecule has 0 unspecified atom stereocenters. The molecule has 2 atom stereocenters. The zero-order valence-electron chi connectivity index (χ0n) is 12.3. The van der Waals surface area contributed by atoms with Crippen LogP contribution in [0.2, 0.25) is 5.02 Å². The maximum Gasteiger partial charge on any atom is 0.252 e. The van der Waals surface area contributed by atoms with Gasteiger partial charge in [0, 0.05) is 8.59 Å². The summed E-state index contributed by atoms with van der Waals surface area (Å²) in [6.45, 7) is 3.69. The summed E-state index contributed by atoms with van der Waals surface area (Å²) in [5.41, 5.74) is 2.25. The van der Waals surface area contributed by atoms with E-state index in [2.05, 4.69) is 27.9 Å². The third kappa shape index (κ3) is 4.00. The lowest BCUT2D eigenvalue weighted by Gasteiger charge is -2.21. The second kappa shape index (κ2) is 7.44. The zero-order chi connectivity index (χ0) is 16.3. The van der Waals surface area contributed by atoms with Gasteiger partial charge in [0.1, 0.15) is 0 Å². The fourth-order valence-corrected chi connectivity index (χ4v) is 3.02. The summed E-state index contributed by atoms with van der Waals surface area (Å²) in [4.78, 5) is 12.4. The molecule has 0 saturated heterocycles. The van der Waals surface area contributed by atoms with Gasteiger partial charge in [0.05, 0.1) is 17.7 Å². The highest BCUT2D eigenvalue weighted by molar-refractivity contribution is 14.1. The van der Waals surface area contributed by atoms with Crippen LogP contribution in [0.5, 0.6) is 0 Å². The van der Waals surface area contributed by atoms with Crippen LogP contribution in [-0.2, 0) is 0 Å². The quantitative estimate of drug-likeness (QED) is 0.719. The Balaban J connectivity index is 2.15. The average Bonchev–Trinajstić information content (AvgIpc) is 2.50. The first-order chi connectivity index (χ1) is 10.4. The van der Waals surface area contributed by atoms with Crippen molar-refractivity contribution in [1.29, 1.82) is 0 Å². The van der Waals surface area contributed by atoms with E-state index in [9.17, 15) is 9.90 Å². The van der Waals surface area contributed by atoms with E-state index >= 15 is 0 Å². The molecule has 116 valence electrons. The summed E-state index contributed by atoms with van der Waals surface area (Å²) >= 11 is 8.16. The topological polar surface area (TPSA) is 49.3 Å². The van der Waals surface area contributed by atoms with Crippen molar-refractivity contribution < 1.29 is 9.90 Å². The average molecular weight is 430 g/mol. The molecule has 3 nitrogen and oxygen atoms in total. The van der Waals surface area contributed by atoms with Gasteiger partial charge in [0.15, 0.2) is 0 Å². The van der Waals surface area contributed by atoms with Gasteiger partial charge in [-0.05, 0) is 59.7 Å². The van der Waals surface area contributed by atoms with Crippen LogP contribution in [0.25, 0.3) is 0 Å². The molecule has 22 heavy (non-hydrogen) atoms. The number of hydrogen-bond acceptors (Lipinski definition) is 2. The Kier molecular flexibility index (Phi) is 5.83. The van der Waals surface area contributed by atoms with Gasteiger partial charge in [-0.15, -0.1) is 0 Å². The maximum atomic E-state index is 12.4.